The number of anilines is 1. The highest BCUT2D eigenvalue weighted by Crippen LogP contribution is 2.53. The molecule has 1 heterocycles. The number of imide groups is 1. The van der Waals surface area contributed by atoms with Gasteiger partial charge in [0.15, 0.2) is 0 Å². The van der Waals surface area contributed by atoms with Gasteiger partial charge in [-0.15, -0.1) is 0 Å². The Bertz CT molecular complexity index is 601. The molecule has 0 unspecified atom stereocenters. The van der Waals surface area contributed by atoms with Crippen molar-refractivity contribution in [1.82, 2.24) is 0 Å². The van der Waals surface area contributed by atoms with Crippen LogP contribution in [0.5, 0.6) is 0 Å². The van der Waals surface area contributed by atoms with Gasteiger partial charge in [0.2, 0.25) is 11.8 Å². The quantitative estimate of drug-likeness (QED) is 0.631. The standard InChI is InChI=1S/C18H19NO2/c1-2-3-11-4-8-14(9-5-11)19-17(20)15-12-6-7-13(10-12)16(15)18(19)21/h4-9,12-13,15-16H,2-3,10H2,1H3/t12-,13+,15-,16-/m0/s1. The number of amides is 2. The molecule has 0 radical (unpaired) electrons. The smallest absolute Gasteiger partial charge is 0.238 e. The molecular formula is C18H19NO2. The van der Waals surface area contributed by atoms with Crippen molar-refractivity contribution in [3.05, 3.63) is 42.0 Å². The van der Waals surface area contributed by atoms with Gasteiger partial charge in [-0.2, -0.15) is 0 Å². The first-order chi connectivity index (χ1) is 10.2. The zero-order valence-electron chi connectivity index (χ0n) is 12.2. The van der Waals surface area contributed by atoms with Crippen LogP contribution in [-0.4, -0.2) is 11.8 Å². The fourth-order valence-electron chi connectivity index (χ4n) is 4.26. The second kappa shape index (κ2) is 4.55. The van der Waals surface area contributed by atoms with Crippen LogP contribution in [-0.2, 0) is 16.0 Å². The van der Waals surface area contributed by atoms with Crippen molar-refractivity contribution in [2.45, 2.75) is 26.2 Å². The zero-order valence-corrected chi connectivity index (χ0v) is 12.2. The van der Waals surface area contributed by atoms with Crippen molar-refractivity contribution in [3.8, 4) is 0 Å². The number of allylic oxidation sites excluding steroid dienone is 2. The molecule has 2 fully saturated rings. The third-order valence-electron chi connectivity index (χ3n) is 5.20. The van der Waals surface area contributed by atoms with Gasteiger partial charge in [0.25, 0.3) is 0 Å². The van der Waals surface area contributed by atoms with E-state index in [2.05, 4.69) is 19.1 Å². The maximum atomic E-state index is 12.7. The van der Waals surface area contributed by atoms with E-state index in [0.717, 1.165) is 24.9 Å². The first-order valence-corrected chi connectivity index (χ1v) is 7.85. The summed E-state index contributed by atoms with van der Waals surface area (Å²) >= 11 is 0. The molecule has 2 amide bonds. The van der Waals surface area contributed by atoms with Crippen LogP contribution < -0.4 is 4.90 Å². The number of nitrogens with zero attached hydrogens (tertiary/aromatic N) is 1. The van der Waals surface area contributed by atoms with E-state index in [1.165, 1.54) is 10.5 Å². The Kier molecular flexibility index (Phi) is 2.78. The SMILES string of the molecule is CCCc1ccc(N2C(=O)[C@@H]3[C@@H](C2=O)[C@H]2C=C[C@@H]3C2)cc1. The molecule has 0 N–H and O–H groups in total. The highest BCUT2D eigenvalue weighted by atomic mass is 16.2. The first kappa shape index (κ1) is 12.8. The van der Waals surface area contributed by atoms with E-state index in [1.54, 1.807) is 0 Å². The summed E-state index contributed by atoms with van der Waals surface area (Å²) in [6, 6.07) is 7.88. The molecule has 3 heteroatoms. The highest BCUT2D eigenvalue weighted by Gasteiger charge is 2.59. The van der Waals surface area contributed by atoms with Crippen molar-refractivity contribution >= 4 is 17.5 Å². The summed E-state index contributed by atoms with van der Waals surface area (Å²) in [6.45, 7) is 2.14. The maximum absolute atomic E-state index is 12.7. The number of hydrogen-bond acceptors (Lipinski definition) is 2. The van der Waals surface area contributed by atoms with Crippen LogP contribution in [0, 0.1) is 23.7 Å². The highest BCUT2D eigenvalue weighted by molar-refractivity contribution is 6.22. The van der Waals surface area contributed by atoms with Crippen LogP contribution in [0.3, 0.4) is 0 Å². The van der Waals surface area contributed by atoms with Gasteiger partial charge in [-0.25, -0.2) is 0 Å². The summed E-state index contributed by atoms with van der Waals surface area (Å²) in [5.74, 6) is 0.349. The Morgan fingerprint density at radius 2 is 1.57 bits per heavy atom. The summed E-state index contributed by atoms with van der Waals surface area (Å²) < 4.78 is 0. The number of hydrogen-bond donors (Lipinski definition) is 0. The molecule has 4 rings (SSSR count). The summed E-state index contributed by atoms with van der Waals surface area (Å²) in [5.41, 5.74) is 1.99. The third-order valence-corrected chi connectivity index (χ3v) is 5.20. The minimum absolute atomic E-state index is 0.00471. The van der Waals surface area contributed by atoms with Crippen LogP contribution in [0.2, 0.25) is 0 Å². The normalized spacial score (nSPS) is 33.1. The fourth-order valence-corrected chi connectivity index (χ4v) is 4.26. The second-order valence-electron chi connectivity index (χ2n) is 6.43. The molecule has 21 heavy (non-hydrogen) atoms. The largest absolute Gasteiger partial charge is 0.274 e. The van der Waals surface area contributed by atoms with Gasteiger partial charge in [0.05, 0.1) is 17.5 Å². The molecule has 1 aromatic carbocycles. The number of fused-ring (bicyclic) bond motifs is 5. The third kappa shape index (κ3) is 1.73. The van der Waals surface area contributed by atoms with E-state index >= 15 is 0 Å². The van der Waals surface area contributed by atoms with Gasteiger partial charge in [-0.3, -0.25) is 14.5 Å². The van der Waals surface area contributed by atoms with Crippen molar-refractivity contribution in [3.63, 3.8) is 0 Å². The van der Waals surface area contributed by atoms with Gasteiger partial charge >= 0.3 is 0 Å². The predicted molar refractivity (Wildman–Crippen MR) is 80.6 cm³/mol. The molecule has 0 aromatic heterocycles. The lowest BCUT2D eigenvalue weighted by atomic mass is 9.85. The van der Waals surface area contributed by atoms with Crippen LogP contribution in [0.1, 0.15) is 25.3 Å². The monoisotopic (exact) mass is 281 g/mol. The summed E-state index contributed by atoms with van der Waals surface area (Å²) in [5, 5.41) is 0. The number of rotatable bonds is 3. The Hall–Kier alpha value is -1.90. The van der Waals surface area contributed by atoms with Gasteiger partial charge < -0.3 is 0 Å². The minimum atomic E-state index is -0.109. The Labute approximate surface area is 124 Å². The van der Waals surface area contributed by atoms with Crippen molar-refractivity contribution < 1.29 is 9.59 Å². The lowest BCUT2D eigenvalue weighted by Gasteiger charge is -2.17. The molecule has 4 atom stereocenters. The van der Waals surface area contributed by atoms with Crippen molar-refractivity contribution in [2.24, 2.45) is 23.7 Å². The van der Waals surface area contributed by atoms with Crippen LogP contribution in [0.15, 0.2) is 36.4 Å². The summed E-state index contributed by atoms with van der Waals surface area (Å²) in [7, 11) is 0. The molecule has 1 saturated heterocycles. The van der Waals surface area contributed by atoms with E-state index in [4.69, 9.17) is 0 Å². The molecule has 1 aromatic rings. The van der Waals surface area contributed by atoms with E-state index in [0.29, 0.717) is 0 Å². The second-order valence-corrected chi connectivity index (χ2v) is 6.43. The molecule has 1 saturated carbocycles. The summed E-state index contributed by atoms with van der Waals surface area (Å²) in [6.07, 6.45) is 7.37. The Balaban J connectivity index is 1.64. The number of benzene rings is 1. The van der Waals surface area contributed by atoms with Gasteiger partial charge in [0.1, 0.15) is 0 Å². The molecule has 108 valence electrons. The number of carbonyl (C=O) groups is 2. The van der Waals surface area contributed by atoms with E-state index in [9.17, 15) is 9.59 Å². The summed E-state index contributed by atoms with van der Waals surface area (Å²) in [4.78, 5) is 26.8. The Morgan fingerprint density at radius 1 is 1.00 bits per heavy atom. The topological polar surface area (TPSA) is 37.4 Å². The van der Waals surface area contributed by atoms with E-state index in [1.807, 2.05) is 24.3 Å². The number of carbonyl (C=O) groups excluding carboxylic acids is 2. The molecule has 1 aliphatic heterocycles. The molecule has 3 nitrogen and oxygen atoms in total. The van der Waals surface area contributed by atoms with Gasteiger partial charge in [0, 0.05) is 0 Å². The van der Waals surface area contributed by atoms with Gasteiger partial charge in [-0.05, 0) is 42.4 Å². The van der Waals surface area contributed by atoms with Crippen molar-refractivity contribution in [1.29, 1.82) is 0 Å². The Morgan fingerprint density at radius 3 is 2.10 bits per heavy atom. The van der Waals surface area contributed by atoms with Crippen LogP contribution >= 0.6 is 0 Å². The van der Waals surface area contributed by atoms with Gasteiger partial charge in [-0.1, -0.05) is 37.6 Å². The van der Waals surface area contributed by atoms with E-state index in [-0.39, 0.29) is 35.5 Å². The van der Waals surface area contributed by atoms with E-state index < -0.39 is 0 Å². The minimum Gasteiger partial charge on any atom is -0.274 e. The molecule has 2 aliphatic carbocycles. The average Bonchev–Trinajstić information content (AvgIpc) is 3.15. The van der Waals surface area contributed by atoms with Crippen LogP contribution in [0.4, 0.5) is 5.69 Å². The fraction of sp³-hybridized carbons (Fsp3) is 0.444. The van der Waals surface area contributed by atoms with Crippen molar-refractivity contribution in [2.75, 3.05) is 4.90 Å². The molecular weight excluding hydrogens is 262 g/mol. The lowest BCUT2D eigenvalue weighted by Crippen LogP contribution is -2.32. The number of aryl methyl sites for hydroxylation is 1. The molecule has 2 bridgehead atoms. The molecule has 0 spiro atoms. The van der Waals surface area contributed by atoms with Crippen LogP contribution in [0.25, 0.3) is 0 Å². The lowest BCUT2D eigenvalue weighted by molar-refractivity contribution is -0.123. The predicted octanol–water partition coefficient (Wildman–Crippen LogP) is 2.95. The first-order valence-electron chi connectivity index (χ1n) is 7.85. The zero-order chi connectivity index (χ0) is 14.6. The maximum Gasteiger partial charge on any atom is 0.238 e. The molecule has 3 aliphatic rings. The average molecular weight is 281 g/mol.